The lowest BCUT2D eigenvalue weighted by atomic mass is 9.67. The first-order chi connectivity index (χ1) is 7.79. The normalized spacial score (nSPS) is 36.8. The molecule has 0 saturated heterocycles. The molecule has 3 N–H and O–H groups in total. The molecule has 2 nitrogen and oxygen atoms in total. The molecule has 16 heavy (non-hydrogen) atoms. The van der Waals surface area contributed by atoms with Crippen LogP contribution in [0.4, 0.5) is 0 Å². The highest BCUT2D eigenvalue weighted by atomic mass is 14.9. The van der Waals surface area contributed by atoms with Crippen LogP contribution in [0.15, 0.2) is 0 Å². The van der Waals surface area contributed by atoms with Crippen LogP contribution >= 0.6 is 0 Å². The van der Waals surface area contributed by atoms with Crippen LogP contribution in [-0.4, -0.2) is 19.1 Å². The maximum Gasteiger partial charge on any atom is 0.0162 e. The lowest BCUT2D eigenvalue weighted by Gasteiger charge is -2.39. The van der Waals surface area contributed by atoms with Crippen LogP contribution in [0, 0.1) is 17.8 Å². The van der Waals surface area contributed by atoms with Crippen LogP contribution in [-0.2, 0) is 0 Å². The molecule has 2 fully saturated rings. The van der Waals surface area contributed by atoms with E-state index in [1.807, 2.05) is 0 Å². The zero-order valence-electron chi connectivity index (χ0n) is 10.8. The van der Waals surface area contributed by atoms with E-state index in [0.29, 0.717) is 6.04 Å². The average Bonchev–Trinajstić information content (AvgIpc) is 2.35. The Morgan fingerprint density at radius 2 is 1.88 bits per heavy atom. The summed E-state index contributed by atoms with van der Waals surface area (Å²) in [5.41, 5.74) is 5.63. The largest absolute Gasteiger partial charge is 0.329 e. The van der Waals surface area contributed by atoms with Crippen molar-refractivity contribution in [3.8, 4) is 0 Å². The van der Waals surface area contributed by atoms with E-state index >= 15 is 0 Å². The zero-order valence-corrected chi connectivity index (χ0v) is 10.8. The van der Waals surface area contributed by atoms with Gasteiger partial charge in [0.15, 0.2) is 0 Å². The summed E-state index contributed by atoms with van der Waals surface area (Å²) in [6.07, 6.45) is 10.4. The molecule has 2 heteroatoms. The summed E-state index contributed by atoms with van der Waals surface area (Å²) in [7, 11) is 0. The Morgan fingerprint density at radius 1 is 1.12 bits per heavy atom. The van der Waals surface area contributed by atoms with Gasteiger partial charge >= 0.3 is 0 Å². The molecule has 0 aromatic rings. The van der Waals surface area contributed by atoms with E-state index in [0.717, 1.165) is 24.3 Å². The minimum Gasteiger partial charge on any atom is -0.329 e. The van der Waals surface area contributed by atoms with Crippen LogP contribution in [0.3, 0.4) is 0 Å². The number of nitrogens with two attached hydrogens (primary N) is 1. The summed E-state index contributed by atoms with van der Waals surface area (Å²) >= 11 is 0. The minimum absolute atomic E-state index is 0.490. The van der Waals surface area contributed by atoms with Crippen LogP contribution < -0.4 is 11.1 Å². The molecule has 0 heterocycles. The topological polar surface area (TPSA) is 38.0 Å². The molecule has 2 saturated carbocycles. The third kappa shape index (κ3) is 3.21. The smallest absolute Gasteiger partial charge is 0.0162 e. The van der Waals surface area contributed by atoms with Gasteiger partial charge in [-0.3, -0.25) is 0 Å². The predicted molar refractivity (Wildman–Crippen MR) is 69.3 cm³/mol. The maximum atomic E-state index is 5.63. The van der Waals surface area contributed by atoms with Crippen LogP contribution in [0.2, 0.25) is 0 Å². The molecule has 0 aromatic heterocycles. The number of rotatable bonds is 4. The molecule has 2 aliphatic carbocycles. The van der Waals surface area contributed by atoms with E-state index in [1.54, 1.807) is 0 Å². The summed E-state index contributed by atoms with van der Waals surface area (Å²) in [5, 5.41) is 3.57. The lowest BCUT2D eigenvalue weighted by molar-refractivity contribution is 0.127. The van der Waals surface area contributed by atoms with E-state index in [4.69, 9.17) is 5.73 Å². The zero-order chi connectivity index (χ0) is 11.4. The molecule has 94 valence electrons. The van der Waals surface area contributed by atoms with Crippen LogP contribution in [0.1, 0.15) is 51.9 Å². The SMILES string of the molecule is C[C@@H](CN)NCC1CCC2CCCCC2C1. The molecule has 0 aromatic carbocycles. The molecule has 2 rings (SSSR count). The Balaban J connectivity index is 1.72. The van der Waals surface area contributed by atoms with E-state index < -0.39 is 0 Å². The number of hydrogen-bond acceptors (Lipinski definition) is 2. The molecule has 0 bridgehead atoms. The second kappa shape index (κ2) is 6.02. The molecule has 2 aliphatic rings. The Morgan fingerprint density at radius 3 is 2.62 bits per heavy atom. The van der Waals surface area contributed by atoms with Gasteiger partial charge in [-0.1, -0.05) is 25.7 Å². The second-order valence-corrected chi connectivity index (χ2v) is 6.03. The Bertz CT molecular complexity index is 205. The van der Waals surface area contributed by atoms with Gasteiger partial charge < -0.3 is 11.1 Å². The molecule has 0 amide bonds. The quantitative estimate of drug-likeness (QED) is 0.770. The molecule has 0 spiro atoms. The molecule has 0 radical (unpaired) electrons. The third-order valence-corrected chi connectivity index (χ3v) is 4.76. The van der Waals surface area contributed by atoms with Crippen molar-refractivity contribution in [3.05, 3.63) is 0 Å². The molecule has 3 unspecified atom stereocenters. The van der Waals surface area contributed by atoms with Gasteiger partial charge in [-0.15, -0.1) is 0 Å². The predicted octanol–water partition coefficient (Wildman–Crippen LogP) is 2.53. The minimum atomic E-state index is 0.490. The number of nitrogens with one attached hydrogen (secondary N) is 1. The van der Waals surface area contributed by atoms with Crippen molar-refractivity contribution in [3.63, 3.8) is 0 Å². The van der Waals surface area contributed by atoms with Gasteiger partial charge in [0.25, 0.3) is 0 Å². The summed E-state index contributed by atoms with van der Waals surface area (Å²) in [5.74, 6) is 3.06. The highest BCUT2D eigenvalue weighted by molar-refractivity contribution is 4.84. The van der Waals surface area contributed by atoms with Crippen molar-refractivity contribution in [2.45, 2.75) is 57.9 Å². The van der Waals surface area contributed by atoms with Gasteiger partial charge in [0.05, 0.1) is 0 Å². The summed E-state index contributed by atoms with van der Waals surface area (Å²) in [4.78, 5) is 0. The average molecular weight is 224 g/mol. The molecule has 0 aliphatic heterocycles. The van der Waals surface area contributed by atoms with Crippen LogP contribution in [0.25, 0.3) is 0 Å². The van der Waals surface area contributed by atoms with Crippen molar-refractivity contribution in [1.29, 1.82) is 0 Å². The first-order valence-electron chi connectivity index (χ1n) is 7.23. The van der Waals surface area contributed by atoms with Gasteiger partial charge in [0, 0.05) is 12.6 Å². The Kier molecular flexibility index (Phi) is 4.66. The monoisotopic (exact) mass is 224 g/mol. The van der Waals surface area contributed by atoms with Gasteiger partial charge in [-0.05, 0) is 50.5 Å². The fourth-order valence-electron chi connectivity index (χ4n) is 3.61. The van der Waals surface area contributed by atoms with Gasteiger partial charge in [0.2, 0.25) is 0 Å². The molecule has 4 atom stereocenters. The summed E-state index contributed by atoms with van der Waals surface area (Å²) in [6.45, 7) is 4.15. The standard InChI is InChI=1S/C14H28N2/c1-11(9-15)16-10-12-6-7-13-4-2-3-5-14(13)8-12/h11-14,16H,2-10,15H2,1H3/t11-,12?,13?,14?/m0/s1. The van der Waals surface area contributed by atoms with Crippen molar-refractivity contribution in [1.82, 2.24) is 5.32 Å². The van der Waals surface area contributed by atoms with Gasteiger partial charge in [-0.2, -0.15) is 0 Å². The van der Waals surface area contributed by atoms with E-state index in [2.05, 4.69) is 12.2 Å². The highest BCUT2D eigenvalue weighted by Crippen LogP contribution is 2.42. The highest BCUT2D eigenvalue weighted by Gasteiger charge is 2.31. The number of hydrogen-bond donors (Lipinski definition) is 2. The van der Waals surface area contributed by atoms with Crippen molar-refractivity contribution < 1.29 is 0 Å². The number of fused-ring (bicyclic) bond motifs is 1. The maximum absolute atomic E-state index is 5.63. The van der Waals surface area contributed by atoms with Crippen molar-refractivity contribution >= 4 is 0 Å². The second-order valence-electron chi connectivity index (χ2n) is 6.03. The first-order valence-corrected chi connectivity index (χ1v) is 7.23. The van der Waals surface area contributed by atoms with Crippen molar-refractivity contribution in [2.75, 3.05) is 13.1 Å². The van der Waals surface area contributed by atoms with E-state index in [-0.39, 0.29) is 0 Å². The fourth-order valence-corrected chi connectivity index (χ4v) is 3.61. The summed E-state index contributed by atoms with van der Waals surface area (Å²) < 4.78 is 0. The van der Waals surface area contributed by atoms with E-state index in [1.165, 1.54) is 51.5 Å². The molecular formula is C14H28N2. The Hall–Kier alpha value is -0.0800. The third-order valence-electron chi connectivity index (χ3n) is 4.76. The van der Waals surface area contributed by atoms with Crippen molar-refractivity contribution in [2.24, 2.45) is 23.5 Å². The first kappa shape index (κ1) is 12.4. The molecular weight excluding hydrogens is 196 g/mol. The Labute approximate surface area is 100 Å². The summed E-state index contributed by atoms with van der Waals surface area (Å²) in [6, 6.07) is 0.490. The van der Waals surface area contributed by atoms with E-state index in [9.17, 15) is 0 Å². The van der Waals surface area contributed by atoms with Gasteiger partial charge in [-0.25, -0.2) is 0 Å². The lowest BCUT2D eigenvalue weighted by Crippen LogP contribution is -2.39. The fraction of sp³-hybridized carbons (Fsp3) is 1.00. The van der Waals surface area contributed by atoms with Gasteiger partial charge in [0.1, 0.15) is 0 Å². The van der Waals surface area contributed by atoms with Crippen LogP contribution in [0.5, 0.6) is 0 Å².